The van der Waals surface area contributed by atoms with Gasteiger partial charge in [-0.15, -0.1) is 6.58 Å². The fourth-order valence-corrected chi connectivity index (χ4v) is 1.68. The van der Waals surface area contributed by atoms with Gasteiger partial charge in [-0.25, -0.2) is 0 Å². The molecule has 0 aromatic carbocycles. The van der Waals surface area contributed by atoms with Gasteiger partial charge in [0.1, 0.15) is 5.54 Å². The van der Waals surface area contributed by atoms with Crippen molar-refractivity contribution < 1.29 is 14.6 Å². The van der Waals surface area contributed by atoms with Crippen molar-refractivity contribution in [2.45, 2.75) is 18.4 Å². The summed E-state index contributed by atoms with van der Waals surface area (Å²) in [7, 11) is 1.52. The summed E-state index contributed by atoms with van der Waals surface area (Å²) in [4.78, 5) is 11.2. The van der Waals surface area contributed by atoms with Crippen molar-refractivity contribution in [3.8, 4) is 0 Å². The van der Waals surface area contributed by atoms with Crippen molar-refractivity contribution in [1.29, 1.82) is 0 Å². The average molecular weight is 199 g/mol. The summed E-state index contributed by atoms with van der Waals surface area (Å²) in [6.07, 6.45) is 3.58. The number of hydrogen-bond acceptors (Lipinski definition) is 3. The predicted octanol–water partition coefficient (Wildman–Crippen LogP) is 0.642. The summed E-state index contributed by atoms with van der Waals surface area (Å²) >= 11 is 0. The van der Waals surface area contributed by atoms with Crippen LogP contribution in [0.25, 0.3) is 0 Å². The van der Waals surface area contributed by atoms with Crippen LogP contribution in [0.1, 0.15) is 12.8 Å². The van der Waals surface area contributed by atoms with E-state index in [-0.39, 0.29) is 12.5 Å². The Bertz CT molecular complexity index is 225. The molecule has 1 atom stereocenters. The lowest BCUT2D eigenvalue weighted by Crippen LogP contribution is -2.57. The Morgan fingerprint density at radius 2 is 2.43 bits per heavy atom. The Labute approximate surface area is 83.9 Å². The van der Waals surface area contributed by atoms with Gasteiger partial charge in [-0.1, -0.05) is 6.08 Å². The number of hydrogen-bond donors (Lipinski definition) is 2. The van der Waals surface area contributed by atoms with Crippen molar-refractivity contribution >= 4 is 5.97 Å². The molecule has 0 radical (unpaired) electrons. The number of nitrogens with one attached hydrogen (secondary N) is 1. The van der Waals surface area contributed by atoms with Crippen LogP contribution in [-0.4, -0.2) is 36.9 Å². The Morgan fingerprint density at radius 3 is 2.79 bits per heavy atom. The van der Waals surface area contributed by atoms with Crippen molar-refractivity contribution in [2.24, 2.45) is 5.92 Å². The fraction of sp³-hybridized carbons (Fsp3) is 0.700. The maximum atomic E-state index is 11.2. The molecule has 0 bridgehead atoms. The maximum Gasteiger partial charge on any atom is 0.326 e. The van der Waals surface area contributed by atoms with E-state index < -0.39 is 11.5 Å². The Balaban J connectivity index is 2.71. The van der Waals surface area contributed by atoms with Gasteiger partial charge in [0.05, 0.1) is 6.61 Å². The van der Waals surface area contributed by atoms with Gasteiger partial charge in [-0.05, 0) is 18.8 Å². The molecule has 4 heteroatoms. The lowest BCUT2D eigenvalue weighted by Gasteiger charge is -2.29. The Morgan fingerprint density at radius 1 is 1.79 bits per heavy atom. The van der Waals surface area contributed by atoms with Crippen LogP contribution in [0.2, 0.25) is 0 Å². The minimum atomic E-state index is -0.914. The number of methoxy groups -OCH3 is 1. The van der Waals surface area contributed by atoms with E-state index in [1.54, 1.807) is 6.08 Å². The van der Waals surface area contributed by atoms with Gasteiger partial charge in [0.15, 0.2) is 0 Å². The summed E-state index contributed by atoms with van der Waals surface area (Å²) in [6.45, 7) is 4.27. The SMILES string of the molecule is C=CCNC(COC)(C(=O)O)C1CC1. The molecule has 0 saturated heterocycles. The van der Waals surface area contributed by atoms with Crippen LogP contribution in [0.15, 0.2) is 12.7 Å². The molecular formula is C10H17NO3. The molecular weight excluding hydrogens is 182 g/mol. The van der Waals surface area contributed by atoms with Gasteiger partial charge < -0.3 is 9.84 Å². The van der Waals surface area contributed by atoms with E-state index >= 15 is 0 Å². The molecule has 0 spiro atoms. The quantitative estimate of drug-likeness (QED) is 0.591. The number of ether oxygens (including phenoxy) is 1. The molecule has 0 aromatic rings. The summed E-state index contributed by atoms with van der Waals surface area (Å²) in [5.41, 5.74) is -0.914. The highest BCUT2D eigenvalue weighted by molar-refractivity contribution is 5.80. The molecule has 1 rings (SSSR count). The highest BCUT2D eigenvalue weighted by atomic mass is 16.5. The number of carboxylic acid groups (broad SMARTS) is 1. The first-order valence-electron chi connectivity index (χ1n) is 4.75. The summed E-state index contributed by atoms with van der Waals surface area (Å²) in [5, 5.41) is 12.2. The molecule has 0 aliphatic heterocycles. The minimum absolute atomic E-state index is 0.194. The molecule has 0 aromatic heterocycles. The van der Waals surface area contributed by atoms with Crippen LogP contribution in [0.4, 0.5) is 0 Å². The van der Waals surface area contributed by atoms with E-state index in [4.69, 9.17) is 4.74 Å². The topological polar surface area (TPSA) is 58.6 Å². The first-order chi connectivity index (χ1) is 6.67. The zero-order valence-corrected chi connectivity index (χ0v) is 8.45. The van der Waals surface area contributed by atoms with Crippen molar-refractivity contribution in [1.82, 2.24) is 5.32 Å². The third kappa shape index (κ3) is 2.13. The minimum Gasteiger partial charge on any atom is -0.480 e. The maximum absolute atomic E-state index is 11.2. The summed E-state index contributed by atoms with van der Waals surface area (Å²) in [6, 6.07) is 0. The van der Waals surface area contributed by atoms with Crippen molar-refractivity contribution in [3.05, 3.63) is 12.7 Å². The van der Waals surface area contributed by atoms with Crippen molar-refractivity contribution in [2.75, 3.05) is 20.3 Å². The second kappa shape index (κ2) is 4.57. The van der Waals surface area contributed by atoms with Crippen LogP contribution in [0.5, 0.6) is 0 Å². The third-order valence-electron chi connectivity index (χ3n) is 2.59. The van der Waals surface area contributed by atoms with Gasteiger partial charge in [-0.2, -0.15) is 0 Å². The van der Waals surface area contributed by atoms with E-state index in [0.29, 0.717) is 6.54 Å². The second-order valence-corrected chi connectivity index (χ2v) is 3.65. The number of carbonyl (C=O) groups is 1. The molecule has 0 heterocycles. The normalized spacial score (nSPS) is 20.1. The molecule has 1 saturated carbocycles. The molecule has 1 aliphatic carbocycles. The monoisotopic (exact) mass is 199 g/mol. The lowest BCUT2D eigenvalue weighted by molar-refractivity contribution is -0.148. The molecule has 0 amide bonds. The highest BCUT2D eigenvalue weighted by Gasteiger charge is 2.50. The predicted molar refractivity (Wildman–Crippen MR) is 53.2 cm³/mol. The Hall–Kier alpha value is -0.870. The van der Waals surface area contributed by atoms with Gasteiger partial charge in [-0.3, -0.25) is 10.1 Å². The fourth-order valence-electron chi connectivity index (χ4n) is 1.68. The van der Waals surface area contributed by atoms with Crippen LogP contribution >= 0.6 is 0 Å². The summed E-state index contributed by atoms with van der Waals surface area (Å²) < 4.78 is 4.99. The van der Waals surface area contributed by atoms with Gasteiger partial charge in [0.2, 0.25) is 0 Å². The van der Waals surface area contributed by atoms with Gasteiger partial charge >= 0.3 is 5.97 Å². The average Bonchev–Trinajstić information content (AvgIpc) is 2.95. The zero-order valence-electron chi connectivity index (χ0n) is 8.45. The first kappa shape index (κ1) is 11.2. The molecule has 1 fully saturated rings. The zero-order chi connectivity index (χ0) is 10.6. The Kier molecular flexibility index (Phi) is 3.66. The lowest BCUT2D eigenvalue weighted by atomic mass is 9.94. The van der Waals surface area contributed by atoms with E-state index in [0.717, 1.165) is 12.8 Å². The van der Waals surface area contributed by atoms with E-state index in [9.17, 15) is 9.90 Å². The second-order valence-electron chi connectivity index (χ2n) is 3.65. The molecule has 14 heavy (non-hydrogen) atoms. The van der Waals surface area contributed by atoms with Crippen LogP contribution in [0.3, 0.4) is 0 Å². The molecule has 80 valence electrons. The first-order valence-corrected chi connectivity index (χ1v) is 4.75. The van der Waals surface area contributed by atoms with E-state index in [2.05, 4.69) is 11.9 Å². The molecule has 1 unspecified atom stereocenters. The molecule has 2 N–H and O–H groups in total. The summed E-state index contributed by atoms with van der Waals surface area (Å²) in [5.74, 6) is -0.636. The highest BCUT2D eigenvalue weighted by Crippen LogP contribution is 2.40. The smallest absolute Gasteiger partial charge is 0.326 e. The number of aliphatic carboxylic acids is 1. The molecule has 1 aliphatic rings. The van der Waals surface area contributed by atoms with Crippen molar-refractivity contribution in [3.63, 3.8) is 0 Å². The van der Waals surface area contributed by atoms with Crippen LogP contribution < -0.4 is 5.32 Å². The number of rotatable bonds is 7. The largest absolute Gasteiger partial charge is 0.480 e. The van der Waals surface area contributed by atoms with Gasteiger partial charge in [0, 0.05) is 13.7 Å². The van der Waals surface area contributed by atoms with Crippen LogP contribution in [-0.2, 0) is 9.53 Å². The standard InChI is InChI=1S/C10H17NO3/c1-3-6-11-10(7-14-2,9(12)13)8-4-5-8/h3,8,11H,1,4-7H2,2H3,(H,12,13). The van der Waals surface area contributed by atoms with E-state index in [1.807, 2.05) is 0 Å². The number of carboxylic acids is 1. The third-order valence-corrected chi connectivity index (χ3v) is 2.59. The van der Waals surface area contributed by atoms with Gasteiger partial charge in [0.25, 0.3) is 0 Å². The van der Waals surface area contributed by atoms with E-state index in [1.165, 1.54) is 7.11 Å². The molecule has 4 nitrogen and oxygen atoms in total. The van der Waals surface area contributed by atoms with Crippen LogP contribution in [0, 0.1) is 5.92 Å².